The average molecular weight is 500 g/mol. The number of nitrogens with zero attached hydrogens (tertiary/aromatic N) is 2. The molecule has 1 aromatic heterocycles. The van der Waals surface area contributed by atoms with Crippen LogP contribution in [0.3, 0.4) is 0 Å². The van der Waals surface area contributed by atoms with E-state index in [1.165, 1.54) is 7.11 Å². The van der Waals surface area contributed by atoms with Crippen LogP contribution in [0.15, 0.2) is 82.7 Å². The normalized spacial score (nSPS) is 12.0. The number of rotatable bonds is 8. The molecular formula is C27H25N5O5. The highest BCUT2D eigenvalue weighted by Crippen LogP contribution is 2.25. The summed E-state index contributed by atoms with van der Waals surface area (Å²) in [4.78, 5) is 38.7. The van der Waals surface area contributed by atoms with Crippen molar-refractivity contribution in [1.82, 2.24) is 20.9 Å². The number of carbonyl (C=O) groups is 2. The molecule has 0 aliphatic rings. The maximum Gasteiger partial charge on any atom is 0.272 e. The Balaban J connectivity index is 1.69. The number of H-pyrrole nitrogens is 1. The highest BCUT2D eigenvalue weighted by atomic mass is 16.5. The Bertz CT molecular complexity index is 1530. The summed E-state index contributed by atoms with van der Waals surface area (Å²) < 4.78 is 10.6. The van der Waals surface area contributed by atoms with Crippen LogP contribution in [0.1, 0.15) is 34.6 Å². The number of hydrogen-bond donors (Lipinski definition) is 3. The van der Waals surface area contributed by atoms with Gasteiger partial charge in [-0.3, -0.25) is 14.4 Å². The van der Waals surface area contributed by atoms with Gasteiger partial charge in [0.05, 0.1) is 25.3 Å². The predicted octanol–water partition coefficient (Wildman–Crippen LogP) is 2.95. The summed E-state index contributed by atoms with van der Waals surface area (Å²) in [6.45, 7) is 1.70. The molecule has 3 aromatic carbocycles. The van der Waals surface area contributed by atoms with Crippen LogP contribution in [0.4, 0.5) is 0 Å². The van der Waals surface area contributed by atoms with Crippen molar-refractivity contribution in [3.63, 3.8) is 0 Å². The molecule has 0 spiro atoms. The Morgan fingerprint density at radius 1 is 0.946 bits per heavy atom. The Hall–Kier alpha value is -4.99. The molecule has 0 saturated heterocycles. The lowest BCUT2D eigenvalue weighted by Gasteiger charge is -2.18. The van der Waals surface area contributed by atoms with Crippen LogP contribution in [-0.4, -0.2) is 41.9 Å². The lowest BCUT2D eigenvalue weighted by molar-refractivity contribution is -0.123. The van der Waals surface area contributed by atoms with E-state index in [4.69, 9.17) is 9.47 Å². The molecule has 188 valence electrons. The summed E-state index contributed by atoms with van der Waals surface area (Å²) in [5.74, 6) is -0.0228. The minimum Gasteiger partial charge on any atom is -0.497 e. The molecular weight excluding hydrogens is 474 g/mol. The van der Waals surface area contributed by atoms with Crippen LogP contribution in [0.5, 0.6) is 11.5 Å². The number of methoxy groups -OCH3 is 2. The molecule has 0 saturated carbocycles. The van der Waals surface area contributed by atoms with Crippen molar-refractivity contribution in [2.75, 3.05) is 14.2 Å². The van der Waals surface area contributed by atoms with Gasteiger partial charge in [-0.05, 0) is 37.3 Å². The fourth-order valence-corrected chi connectivity index (χ4v) is 3.78. The molecule has 0 aliphatic heterocycles. The molecule has 4 rings (SSSR count). The van der Waals surface area contributed by atoms with Crippen molar-refractivity contribution in [3.8, 4) is 11.5 Å². The summed E-state index contributed by atoms with van der Waals surface area (Å²) in [6.07, 6.45) is 0. The van der Waals surface area contributed by atoms with Gasteiger partial charge in [0.1, 0.15) is 17.2 Å². The third-order valence-electron chi connectivity index (χ3n) is 5.70. The molecule has 4 aromatic rings. The van der Waals surface area contributed by atoms with Crippen molar-refractivity contribution in [1.29, 1.82) is 0 Å². The molecule has 0 radical (unpaired) electrons. The van der Waals surface area contributed by atoms with Gasteiger partial charge in [0, 0.05) is 22.6 Å². The number of aromatic nitrogens is 2. The zero-order chi connectivity index (χ0) is 26.4. The maximum atomic E-state index is 13.4. The van der Waals surface area contributed by atoms with Gasteiger partial charge in [0.2, 0.25) is 0 Å². The minimum atomic E-state index is -1.26. The molecule has 0 aliphatic carbocycles. The Morgan fingerprint density at radius 2 is 1.65 bits per heavy atom. The molecule has 10 nitrogen and oxygen atoms in total. The smallest absolute Gasteiger partial charge is 0.272 e. The van der Waals surface area contributed by atoms with Crippen molar-refractivity contribution < 1.29 is 19.1 Å². The molecule has 1 heterocycles. The molecule has 0 unspecified atom stereocenters. The second kappa shape index (κ2) is 11.2. The van der Waals surface area contributed by atoms with E-state index in [1.807, 2.05) is 0 Å². The lowest BCUT2D eigenvalue weighted by atomic mass is 10.0. The van der Waals surface area contributed by atoms with Gasteiger partial charge in [-0.15, -0.1) is 0 Å². The maximum absolute atomic E-state index is 13.4. The third-order valence-corrected chi connectivity index (χ3v) is 5.70. The van der Waals surface area contributed by atoms with Crippen molar-refractivity contribution in [3.05, 3.63) is 100.0 Å². The highest BCUT2D eigenvalue weighted by molar-refractivity contribution is 6.03. The minimum absolute atomic E-state index is 0.173. The molecule has 10 heteroatoms. The van der Waals surface area contributed by atoms with Gasteiger partial charge in [0.25, 0.3) is 17.4 Å². The van der Waals surface area contributed by atoms with Gasteiger partial charge in [-0.25, -0.2) is 10.5 Å². The van der Waals surface area contributed by atoms with Gasteiger partial charge < -0.3 is 14.8 Å². The molecule has 0 fully saturated rings. The number of hydrogen-bond acceptors (Lipinski definition) is 7. The van der Waals surface area contributed by atoms with Crippen LogP contribution in [-0.2, 0) is 4.79 Å². The van der Waals surface area contributed by atoms with E-state index < -0.39 is 23.4 Å². The van der Waals surface area contributed by atoms with E-state index in [1.54, 1.807) is 86.8 Å². The molecule has 3 N–H and O–H groups in total. The largest absolute Gasteiger partial charge is 0.497 e. The van der Waals surface area contributed by atoms with Gasteiger partial charge >= 0.3 is 0 Å². The summed E-state index contributed by atoms with van der Waals surface area (Å²) in [5, 5.41) is 14.2. The van der Waals surface area contributed by atoms with Crippen molar-refractivity contribution in [2.45, 2.75) is 13.0 Å². The number of benzene rings is 3. The van der Waals surface area contributed by atoms with Crippen LogP contribution in [0.2, 0.25) is 0 Å². The number of fused-ring (bicyclic) bond motifs is 1. The Morgan fingerprint density at radius 3 is 2.35 bits per heavy atom. The Labute approximate surface area is 212 Å². The predicted molar refractivity (Wildman–Crippen MR) is 139 cm³/mol. The Kier molecular flexibility index (Phi) is 7.58. The monoisotopic (exact) mass is 499 g/mol. The fourth-order valence-electron chi connectivity index (χ4n) is 3.78. The topological polar surface area (TPSA) is 135 Å². The number of hydrazone groups is 1. The first-order valence-electron chi connectivity index (χ1n) is 11.3. The van der Waals surface area contributed by atoms with Crippen LogP contribution in [0, 0.1) is 0 Å². The van der Waals surface area contributed by atoms with Crippen LogP contribution >= 0.6 is 0 Å². The van der Waals surface area contributed by atoms with Gasteiger partial charge in [-0.2, -0.15) is 10.2 Å². The van der Waals surface area contributed by atoms with E-state index in [9.17, 15) is 14.4 Å². The second-order valence-corrected chi connectivity index (χ2v) is 8.00. The quantitative estimate of drug-likeness (QED) is 0.252. The fraction of sp³-hybridized carbons (Fsp3) is 0.148. The highest BCUT2D eigenvalue weighted by Gasteiger charge is 2.27. The van der Waals surface area contributed by atoms with E-state index in [-0.39, 0.29) is 5.69 Å². The molecule has 37 heavy (non-hydrogen) atoms. The number of amides is 2. The van der Waals surface area contributed by atoms with E-state index in [0.29, 0.717) is 39.1 Å². The SMILES string of the molecule is COc1ccc(C(C)=NNC(=O)[C@H](NC(=O)c2ccccc2)c2n[nH]c(=O)c3ccccc23)c(OC)c1. The lowest BCUT2D eigenvalue weighted by Crippen LogP contribution is -2.40. The number of carbonyl (C=O) groups excluding carboxylic acids is 2. The van der Waals surface area contributed by atoms with Crippen LogP contribution < -0.4 is 25.8 Å². The second-order valence-electron chi connectivity index (χ2n) is 8.00. The van der Waals surface area contributed by atoms with Gasteiger partial charge in [0.15, 0.2) is 6.04 Å². The number of ether oxygens (including phenoxy) is 2. The zero-order valence-corrected chi connectivity index (χ0v) is 20.4. The number of nitrogens with one attached hydrogen (secondary N) is 3. The molecule has 2 amide bonds. The van der Waals surface area contributed by atoms with E-state index >= 15 is 0 Å². The summed E-state index contributed by atoms with van der Waals surface area (Å²) in [6, 6.07) is 19.1. The van der Waals surface area contributed by atoms with Crippen molar-refractivity contribution >= 4 is 28.3 Å². The average Bonchev–Trinajstić information content (AvgIpc) is 2.95. The number of aromatic amines is 1. The van der Waals surface area contributed by atoms with Crippen molar-refractivity contribution in [2.24, 2.45) is 5.10 Å². The summed E-state index contributed by atoms with van der Waals surface area (Å²) in [7, 11) is 3.07. The summed E-state index contributed by atoms with van der Waals surface area (Å²) >= 11 is 0. The van der Waals surface area contributed by atoms with Crippen LogP contribution in [0.25, 0.3) is 10.8 Å². The zero-order valence-electron chi connectivity index (χ0n) is 20.4. The van der Waals surface area contributed by atoms with Gasteiger partial charge in [-0.1, -0.05) is 36.4 Å². The first kappa shape index (κ1) is 25.1. The summed E-state index contributed by atoms with van der Waals surface area (Å²) in [5.41, 5.74) is 3.73. The third kappa shape index (κ3) is 5.48. The standard InChI is InChI=1S/C27H25N5O5/c1-16(19-14-13-18(36-2)15-22(19)37-3)29-32-27(35)24(28-25(33)17-9-5-4-6-10-17)23-20-11-7-8-12-21(20)26(34)31-30-23/h4-15,24H,1-3H3,(H,28,33)(H,31,34)(H,32,35)/t24-/m1/s1. The first-order valence-corrected chi connectivity index (χ1v) is 11.3. The van der Waals surface area contributed by atoms with E-state index in [2.05, 4.69) is 26.0 Å². The first-order chi connectivity index (χ1) is 17.9. The molecule has 0 bridgehead atoms. The van der Waals surface area contributed by atoms with E-state index in [0.717, 1.165) is 0 Å². The molecule has 1 atom stereocenters.